The van der Waals surface area contributed by atoms with Crippen molar-refractivity contribution in [1.82, 2.24) is 0 Å². The SMILES string of the molecule is Cc1cc(C)cc(C[C@@H](CC(=O)Nc2ccc(C)c(Br)c2)C(=O)O)c1. The molecule has 0 spiro atoms. The lowest BCUT2D eigenvalue weighted by molar-refractivity contribution is -0.143. The van der Waals surface area contributed by atoms with Gasteiger partial charge in [0.1, 0.15) is 0 Å². The van der Waals surface area contributed by atoms with E-state index in [0.717, 1.165) is 26.7 Å². The third-order valence-corrected chi connectivity index (χ3v) is 4.85. The number of rotatable bonds is 6. The van der Waals surface area contributed by atoms with Crippen LogP contribution >= 0.6 is 15.9 Å². The van der Waals surface area contributed by atoms with Crippen LogP contribution in [0.4, 0.5) is 5.69 Å². The Labute approximate surface area is 156 Å². The second kappa shape index (κ2) is 8.30. The van der Waals surface area contributed by atoms with Crippen molar-refractivity contribution in [2.75, 3.05) is 5.32 Å². The molecule has 5 heteroatoms. The van der Waals surface area contributed by atoms with E-state index >= 15 is 0 Å². The highest BCUT2D eigenvalue weighted by atomic mass is 79.9. The zero-order chi connectivity index (χ0) is 18.6. The van der Waals surface area contributed by atoms with Crippen LogP contribution in [0.5, 0.6) is 0 Å². The fourth-order valence-corrected chi connectivity index (χ4v) is 3.20. The lowest BCUT2D eigenvalue weighted by Crippen LogP contribution is -2.24. The van der Waals surface area contributed by atoms with E-state index in [-0.39, 0.29) is 12.3 Å². The average molecular weight is 404 g/mol. The summed E-state index contributed by atoms with van der Waals surface area (Å²) in [6.45, 7) is 5.92. The molecule has 0 unspecified atom stereocenters. The van der Waals surface area contributed by atoms with E-state index in [2.05, 4.69) is 21.2 Å². The van der Waals surface area contributed by atoms with Crippen LogP contribution < -0.4 is 5.32 Å². The highest BCUT2D eigenvalue weighted by Gasteiger charge is 2.22. The molecule has 1 atom stereocenters. The topological polar surface area (TPSA) is 66.4 Å². The number of anilines is 1. The fourth-order valence-electron chi connectivity index (χ4n) is 2.82. The van der Waals surface area contributed by atoms with Gasteiger partial charge in [0.15, 0.2) is 0 Å². The predicted octanol–water partition coefficient (Wildman–Crippen LogP) is 4.65. The van der Waals surface area contributed by atoms with Crippen LogP contribution in [-0.2, 0) is 16.0 Å². The summed E-state index contributed by atoms with van der Waals surface area (Å²) >= 11 is 3.42. The minimum Gasteiger partial charge on any atom is -0.481 e. The van der Waals surface area contributed by atoms with Crippen LogP contribution in [0, 0.1) is 26.7 Å². The Morgan fingerprint density at radius 3 is 2.28 bits per heavy atom. The normalized spacial score (nSPS) is 11.8. The van der Waals surface area contributed by atoms with E-state index < -0.39 is 11.9 Å². The smallest absolute Gasteiger partial charge is 0.307 e. The maximum atomic E-state index is 12.3. The molecule has 0 bridgehead atoms. The van der Waals surface area contributed by atoms with Crippen LogP contribution in [-0.4, -0.2) is 17.0 Å². The number of aryl methyl sites for hydroxylation is 3. The summed E-state index contributed by atoms with van der Waals surface area (Å²) in [5.41, 5.74) is 4.84. The number of carboxylic acids is 1. The highest BCUT2D eigenvalue weighted by molar-refractivity contribution is 9.10. The van der Waals surface area contributed by atoms with Crippen molar-refractivity contribution in [2.45, 2.75) is 33.6 Å². The fraction of sp³-hybridized carbons (Fsp3) is 0.300. The van der Waals surface area contributed by atoms with Crippen LogP contribution in [0.25, 0.3) is 0 Å². The Hall–Kier alpha value is -2.14. The van der Waals surface area contributed by atoms with E-state index in [9.17, 15) is 14.7 Å². The van der Waals surface area contributed by atoms with Crippen molar-refractivity contribution in [1.29, 1.82) is 0 Å². The van der Waals surface area contributed by atoms with E-state index in [1.165, 1.54) is 0 Å². The van der Waals surface area contributed by atoms with Crippen LogP contribution in [0.1, 0.15) is 28.7 Å². The standard InChI is InChI=1S/C20H22BrNO3/c1-12-6-13(2)8-15(7-12)9-16(20(24)25)10-19(23)22-17-5-4-14(3)18(21)11-17/h4-8,11,16H,9-10H2,1-3H3,(H,22,23)(H,24,25)/t16-/m0/s1. The van der Waals surface area contributed by atoms with Gasteiger partial charge in [0, 0.05) is 16.6 Å². The van der Waals surface area contributed by atoms with Gasteiger partial charge in [-0.15, -0.1) is 0 Å². The second-order valence-corrected chi connectivity index (χ2v) is 7.31. The summed E-state index contributed by atoms with van der Waals surface area (Å²) in [6.07, 6.45) is 0.274. The molecule has 1 amide bonds. The van der Waals surface area contributed by atoms with Gasteiger partial charge in [-0.1, -0.05) is 51.3 Å². The van der Waals surface area contributed by atoms with Gasteiger partial charge in [0.05, 0.1) is 5.92 Å². The number of aliphatic carboxylic acids is 1. The molecular weight excluding hydrogens is 382 g/mol. The summed E-state index contributed by atoms with van der Waals surface area (Å²) in [5.74, 6) is -2.01. The van der Waals surface area contributed by atoms with Gasteiger partial charge >= 0.3 is 5.97 Å². The molecule has 2 aromatic carbocycles. The van der Waals surface area contributed by atoms with Gasteiger partial charge in [-0.3, -0.25) is 9.59 Å². The van der Waals surface area contributed by atoms with Gasteiger partial charge in [-0.25, -0.2) is 0 Å². The molecule has 0 heterocycles. The lowest BCUT2D eigenvalue weighted by Gasteiger charge is -2.14. The molecule has 0 aromatic heterocycles. The summed E-state index contributed by atoms with van der Waals surface area (Å²) in [6, 6.07) is 11.5. The summed E-state index contributed by atoms with van der Waals surface area (Å²) in [5, 5.41) is 12.3. The largest absolute Gasteiger partial charge is 0.481 e. The van der Waals surface area contributed by atoms with E-state index in [1.807, 2.05) is 51.1 Å². The maximum absolute atomic E-state index is 12.3. The Bertz CT molecular complexity index is 781. The number of carbonyl (C=O) groups is 2. The van der Waals surface area contributed by atoms with E-state index in [4.69, 9.17) is 0 Å². The van der Waals surface area contributed by atoms with Crippen molar-refractivity contribution in [3.63, 3.8) is 0 Å². The summed E-state index contributed by atoms with van der Waals surface area (Å²) in [7, 11) is 0. The van der Waals surface area contributed by atoms with Crippen LogP contribution in [0.15, 0.2) is 40.9 Å². The molecule has 2 aromatic rings. The van der Waals surface area contributed by atoms with Gasteiger partial charge < -0.3 is 10.4 Å². The monoisotopic (exact) mass is 403 g/mol. The number of benzene rings is 2. The molecule has 0 saturated carbocycles. The number of carboxylic acid groups (broad SMARTS) is 1. The molecule has 0 radical (unpaired) electrons. The minimum absolute atomic E-state index is 0.0617. The number of hydrogen-bond acceptors (Lipinski definition) is 2. The van der Waals surface area contributed by atoms with Gasteiger partial charge in [-0.2, -0.15) is 0 Å². The molecule has 0 aliphatic heterocycles. The average Bonchev–Trinajstić information content (AvgIpc) is 2.49. The summed E-state index contributed by atoms with van der Waals surface area (Å²) < 4.78 is 0.898. The molecule has 0 saturated heterocycles. The Morgan fingerprint density at radius 1 is 1.08 bits per heavy atom. The number of amides is 1. The molecular formula is C20H22BrNO3. The van der Waals surface area contributed by atoms with Gasteiger partial charge in [-0.05, 0) is 50.5 Å². The number of halogens is 1. The molecule has 0 fully saturated rings. The molecule has 25 heavy (non-hydrogen) atoms. The minimum atomic E-state index is -0.959. The quantitative estimate of drug-likeness (QED) is 0.737. The Kier molecular flexibility index (Phi) is 6.37. The third-order valence-electron chi connectivity index (χ3n) is 4.00. The Morgan fingerprint density at radius 2 is 1.72 bits per heavy atom. The van der Waals surface area contributed by atoms with Gasteiger partial charge in [0.25, 0.3) is 0 Å². The van der Waals surface area contributed by atoms with Crippen molar-refractivity contribution in [3.8, 4) is 0 Å². The highest BCUT2D eigenvalue weighted by Crippen LogP contribution is 2.22. The van der Waals surface area contributed by atoms with E-state index in [1.54, 1.807) is 6.07 Å². The van der Waals surface area contributed by atoms with Crippen LogP contribution in [0.2, 0.25) is 0 Å². The molecule has 2 N–H and O–H groups in total. The maximum Gasteiger partial charge on any atom is 0.307 e. The van der Waals surface area contributed by atoms with E-state index in [0.29, 0.717) is 12.1 Å². The van der Waals surface area contributed by atoms with Crippen molar-refractivity contribution >= 4 is 33.5 Å². The lowest BCUT2D eigenvalue weighted by atomic mass is 9.94. The first kappa shape index (κ1) is 19.2. The van der Waals surface area contributed by atoms with Crippen LogP contribution in [0.3, 0.4) is 0 Å². The molecule has 0 aliphatic carbocycles. The summed E-state index contributed by atoms with van der Waals surface area (Å²) in [4.78, 5) is 23.8. The Balaban J connectivity index is 2.06. The number of hydrogen-bond donors (Lipinski definition) is 2. The zero-order valence-electron chi connectivity index (χ0n) is 14.6. The van der Waals surface area contributed by atoms with Gasteiger partial charge in [0.2, 0.25) is 5.91 Å². The molecule has 4 nitrogen and oxygen atoms in total. The second-order valence-electron chi connectivity index (χ2n) is 6.45. The third kappa shape index (κ3) is 5.71. The van der Waals surface area contributed by atoms with Crippen molar-refractivity contribution in [3.05, 3.63) is 63.1 Å². The first-order chi connectivity index (χ1) is 11.7. The first-order valence-corrected chi connectivity index (χ1v) is 8.90. The van der Waals surface area contributed by atoms with Crippen molar-refractivity contribution in [2.24, 2.45) is 5.92 Å². The first-order valence-electron chi connectivity index (χ1n) is 8.10. The van der Waals surface area contributed by atoms with Crippen molar-refractivity contribution < 1.29 is 14.7 Å². The molecule has 2 rings (SSSR count). The molecule has 0 aliphatic rings. The predicted molar refractivity (Wildman–Crippen MR) is 103 cm³/mol. The number of carbonyl (C=O) groups excluding carboxylic acids is 1. The zero-order valence-corrected chi connectivity index (χ0v) is 16.2. The molecule has 132 valence electrons. The number of nitrogens with one attached hydrogen (secondary N) is 1.